The van der Waals surface area contributed by atoms with Gasteiger partial charge in [-0.3, -0.25) is 9.59 Å². The molecule has 1 aromatic heterocycles. The van der Waals surface area contributed by atoms with E-state index in [1.807, 2.05) is 37.3 Å². The number of rotatable bonds is 4. The summed E-state index contributed by atoms with van der Waals surface area (Å²) in [6, 6.07) is 23.7. The van der Waals surface area contributed by atoms with Gasteiger partial charge < -0.3 is 5.32 Å². The van der Waals surface area contributed by atoms with E-state index in [4.69, 9.17) is 0 Å². The predicted octanol–water partition coefficient (Wildman–Crippen LogP) is 5.00. The lowest BCUT2D eigenvalue weighted by atomic mass is 10.1. The minimum Gasteiger partial charge on any atom is -0.340 e. The Hall–Kier alpha value is -4.32. The number of carbonyl (C=O) groups is 2. The van der Waals surface area contributed by atoms with E-state index >= 15 is 0 Å². The molecule has 0 atom stereocenters. The fourth-order valence-corrected chi connectivity index (χ4v) is 3.63. The van der Waals surface area contributed by atoms with E-state index in [1.54, 1.807) is 54.7 Å². The SMILES string of the molecule is Cc1ccccc1Nc1ccnc(-c2cccc(N3C(=O)c4ccccc4C3=O)c2)n1. The molecule has 1 aliphatic rings. The molecule has 5 rings (SSSR count). The van der Waals surface area contributed by atoms with Crippen LogP contribution in [0.15, 0.2) is 85.1 Å². The van der Waals surface area contributed by atoms with Crippen molar-refractivity contribution in [3.8, 4) is 11.4 Å². The standard InChI is InChI=1S/C25H18N4O2/c1-16-7-2-5-12-21(16)27-22-13-14-26-23(28-22)17-8-6-9-18(15-17)29-24(30)19-10-3-4-11-20(19)25(29)31/h2-15H,1H3,(H,26,27,28). The molecule has 6 heteroatoms. The molecule has 4 aromatic rings. The highest BCUT2D eigenvalue weighted by molar-refractivity contribution is 6.34. The van der Waals surface area contributed by atoms with E-state index in [0.29, 0.717) is 34.0 Å². The smallest absolute Gasteiger partial charge is 0.266 e. The Morgan fingerprint density at radius 3 is 2.26 bits per heavy atom. The highest BCUT2D eigenvalue weighted by Crippen LogP contribution is 2.31. The van der Waals surface area contributed by atoms with Gasteiger partial charge >= 0.3 is 0 Å². The first-order valence-corrected chi connectivity index (χ1v) is 9.86. The third-order valence-corrected chi connectivity index (χ3v) is 5.22. The zero-order valence-electron chi connectivity index (χ0n) is 16.7. The molecule has 0 saturated heterocycles. The topological polar surface area (TPSA) is 75.2 Å². The van der Waals surface area contributed by atoms with Crippen LogP contribution in [0.25, 0.3) is 11.4 Å². The Balaban J connectivity index is 1.47. The molecular weight excluding hydrogens is 388 g/mol. The van der Waals surface area contributed by atoms with Gasteiger partial charge in [0.05, 0.1) is 16.8 Å². The number of nitrogens with one attached hydrogen (secondary N) is 1. The van der Waals surface area contributed by atoms with Crippen molar-refractivity contribution in [2.45, 2.75) is 6.92 Å². The maximum absolute atomic E-state index is 12.8. The van der Waals surface area contributed by atoms with Crippen molar-refractivity contribution in [2.24, 2.45) is 0 Å². The zero-order chi connectivity index (χ0) is 21.4. The van der Waals surface area contributed by atoms with E-state index in [1.165, 1.54) is 4.90 Å². The van der Waals surface area contributed by atoms with Gasteiger partial charge in [0.25, 0.3) is 11.8 Å². The molecule has 0 bridgehead atoms. The van der Waals surface area contributed by atoms with Crippen LogP contribution in [0.1, 0.15) is 26.3 Å². The van der Waals surface area contributed by atoms with Crippen LogP contribution < -0.4 is 10.2 Å². The van der Waals surface area contributed by atoms with Gasteiger partial charge in [-0.05, 0) is 48.9 Å². The number of hydrogen-bond donors (Lipinski definition) is 1. The molecule has 0 spiro atoms. The van der Waals surface area contributed by atoms with Gasteiger partial charge in [-0.1, -0.05) is 42.5 Å². The molecule has 2 amide bonds. The second kappa shape index (κ2) is 7.50. The molecule has 0 fully saturated rings. The van der Waals surface area contributed by atoms with Crippen LogP contribution in [0.2, 0.25) is 0 Å². The van der Waals surface area contributed by atoms with Crippen LogP contribution in [0.3, 0.4) is 0 Å². The molecule has 2 heterocycles. The summed E-state index contributed by atoms with van der Waals surface area (Å²) in [6.45, 7) is 2.02. The molecule has 1 aliphatic heterocycles. The molecule has 0 saturated carbocycles. The van der Waals surface area contributed by atoms with Crippen molar-refractivity contribution in [1.29, 1.82) is 0 Å². The fraction of sp³-hybridized carbons (Fsp3) is 0.0400. The summed E-state index contributed by atoms with van der Waals surface area (Å²) in [5.41, 5.74) is 4.10. The summed E-state index contributed by atoms with van der Waals surface area (Å²) in [6.07, 6.45) is 1.68. The van der Waals surface area contributed by atoms with Crippen LogP contribution in [-0.4, -0.2) is 21.8 Å². The Morgan fingerprint density at radius 2 is 1.52 bits per heavy atom. The van der Waals surface area contributed by atoms with E-state index in [-0.39, 0.29) is 11.8 Å². The number of nitrogens with zero attached hydrogens (tertiary/aromatic N) is 3. The average Bonchev–Trinajstić information content (AvgIpc) is 3.06. The molecule has 3 aromatic carbocycles. The molecule has 0 radical (unpaired) electrons. The molecule has 0 unspecified atom stereocenters. The highest BCUT2D eigenvalue weighted by atomic mass is 16.2. The highest BCUT2D eigenvalue weighted by Gasteiger charge is 2.36. The van der Waals surface area contributed by atoms with Crippen molar-refractivity contribution in [1.82, 2.24) is 9.97 Å². The van der Waals surface area contributed by atoms with Gasteiger partial charge in [0, 0.05) is 17.4 Å². The van der Waals surface area contributed by atoms with E-state index in [2.05, 4.69) is 15.3 Å². The monoisotopic (exact) mass is 406 g/mol. The number of anilines is 3. The maximum atomic E-state index is 12.8. The maximum Gasteiger partial charge on any atom is 0.266 e. The third kappa shape index (κ3) is 3.34. The lowest BCUT2D eigenvalue weighted by Gasteiger charge is -2.15. The van der Waals surface area contributed by atoms with E-state index in [9.17, 15) is 9.59 Å². The first-order valence-electron chi connectivity index (χ1n) is 9.86. The zero-order valence-corrected chi connectivity index (χ0v) is 16.7. The van der Waals surface area contributed by atoms with E-state index < -0.39 is 0 Å². The average molecular weight is 406 g/mol. The number of aromatic nitrogens is 2. The Bertz CT molecular complexity index is 1300. The summed E-state index contributed by atoms with van der Waals surface area (Å²) in [5.74, 6) is 0.504. The van der Waals surface area contributed by atoms with Crippen LogP contribution in [-0.2, 0) is 0 Å². The van der Waals surface area contributed by atoms with Crippen LogP contribution in [0.4, 0.5) is 17.2 Å². The van der Waals surface area contributed by atoms with Crippen LogP contribution >= 0.6 is 0 Å². The van der Waals surface area contributed by atoms with Crippen LogP contribution in [0.5, 0.6) is 0 Å². The molecular formula is C25H18N4O2. The quantitative estimate of drug-likeness (QED) is 0.483. The lowest BCUT2D eigenvalue weighted by Crippen LogP contribution is -2.29. The first-order chi connectivity index (χ1) is 15.1. The van der Waals surface area contributed by atoms with Gasteiger partial charge in [-0.2, -0.15) is 0 Å². The molecule has 150 valence electrons. The summed E-state index contributed by atoms with van der Waals surface area (Å²) in [5, 5.41) is 3.31. The van der Waals surface area contributed by atoms with Gasteiger partial charge in [0.2, 0.25) is 0 Å². The summed E-state index contributed by atoms with van der Waals surface area (Å²) < 4.78 is 0. The van der Waals surface area contributed by atoms with Gasteiger partial charge in [-0.25, -0.2) is 14.9 Å². The number of aryl methyl sites for hydroxylation is 1. The molecule has 6 nitrogen and oxygen atoms in total. The normalized spacial score (nSPS) is 12.7. The number of carbonyl (C=O) groups excluding carboxylic acids is 2. The van der Waals surface area contributed by atoms with Crippen molar-refractivity contribution in [3.63, 3.8) is 0 Å². The predicted molar refractivity (Wildman–Crippen MR) is 120 cm³/mol. The van der Waals surface area contributed by atoms with Crippen LogP contribution in [0, 0.1) is 6.92 Å². The largest absolute Gasteiger partial charge is 0.340 e. The van der Waals surface area contributed by atoms with Gasteiger partial charge in [-0.15, -0.1) is 0 Å². The summed E-state index contributed by atoms with van der Waals surface area (Å²) in [7, 11) is 0. The molecule has 31 heavy (non-hydrogen) atoms. The summed E-state index contributed by atoms with van der Waals surface area (Å²) >= 11 is 0. The minimum absolute atomic E-state index is 0.325. The van der Waals surface area contributed by atoms with Crippen molar-refractivity contribution in [2.75, 3.05) is 10.2 Å². The van der Waals surface area contributed by atoms with Crippen molar-refractivity contribution in [3.05, 3.63) is 102 Å². The fourth-order valence-electron chi connectivity index (χ4n) is 3.63. The second-order valence-electron chi connectivity index (χ2n) is 7.25. The Kier molecular flexibility index (Phi) is 4.52. The molecule has 0 aliphatic carbocycles. The minimum atomic E-state index is -0.325. The van der Waals surface area contributed by atoms with Crippen molar-refractivity contribution < 1.29 is 9.59 Å². The van der Waals surface area contributed by atoms with Gasteiger partial charge in [0.15, 0.2) is 5.82 Å². The number of benzene rings is 3. The number of hydrogen-bond acceptors (Lipinski definition) is 5. The first kappa shape index (κ1) is 18.7. The summed E-state index contributed by atoms with van der Waals surface area (Å²) in [4.78, 5) is 35.8. The third-order valence-electron chi connectivity index (χ3n) is 5.22. The van der Waals surface area contributed by atoms with E-state index in [0.717, 1.165) is 11.3 Å². The number of imide groups is 1. The second-order valence-corrected chi connectivity index (χ2v) is 7.25. The Morgan fingerprint density at radius 1 is 0.806 bits per heavy atom. The number of fused-ring (bicyclic) bond motifs is 1. The Labute approximate surface area is 179 Å². The number of para-hydroxylation sites is 1. The number of amides is 2. The van der Waals surface area contributed by atoms with Gasteiger partial charge in [0.1, 0.15) is 5.82 Å². The van der Waals surface area contributed by atoms with Crippen molar-refractivity contribution >= 4 is 29.0 Å². The molecule has 1 N–H and O–H groups in total. The lowest BCUT2D eigenvalue weighted by molar-refractivity contribution is 0.0926.